The molecule has 8 heteroatoms. The molecule has 0 radical (unpaired) electrons. The fourth-order valence-corrected chi connectivity index (χ4v) is 2.15. The summed E-state index contributed by atoms with van der Waals surface area (Å²) in [6, 6.07) is 1.64. The fourth-order valence-electron chi connectivity index (χ4n) is 2.15. The van der Waals surface area contributed by atoms with Gasteiger partial charge in [0.15, 0.2) is 5.82 Å². The molecule has 0 aromatic carbocycles. The molecule has 1 saturated heterocycles. The number of rotatable bonds is 5. The Kier molecular flexibility index (Phi) is 5.29. The van der Waals surface area contributed by atoms with E-state index in [-0.39, 0.29) is 24.9 Å². The van der Waals surface area contributed by atoms with Crippen LogP contribution in [0.15, 0.2) is 10.6 Å². The van der Waals surface area contributed by atoms with Crippen LogP contribution in [0.2, 0.25) is 0 Å². The lowest BCUT2D eigenvalue weighted by Crippen LogP contribution is -2.49. The monoisotopic (exact) mass is 295 g/mol. The molecular weight excluding hydrogens is 274 g/mol. The van der Waals surface area contributed by atoms with Crippen molar-refractivity contribution in [3.8, 4) is 0 Å². The highest BCUT2D eigenvalue weighted by molar-refractivity contribution is 5.91. The fraction of sp³-hybridized carbons (Fsp3) is 0.615. The molecule has 1 aromatic rings. The lowest BCUT2D eigenvalue weighted by molar-refractivity contribution is -0.133. The highest BCUT2D eigenvalue weighted by atomic mass is 16.5. The topological polar surface area (TPSA) is 90.7 Å². The lowest BCUT2D eigenvalue weighted by Gasteiger charge is -2.29. The summed E-state index contributed by atoms with van der Waals surface area (Å²) in [5.74, 6) is 0.842. The second-order valence-corrected chi connectivity index (χ2v) is 5.17. The van der Waals surface area contributed by atoms with Crippen LogP contribution in [-0.4, -0.2) is 73.1 Å². The summed E-state index contributed by atoms with van der Waals surface area (Å²) in [7, 11) is 1.74. The van der Waals surface area contributed by atoms with Gasteiger partial charge in [-0.15, -0.1) is 0 Å². The van der Waals surface area contributed by atoms with E-state index < -0.39 is 0 Å². The van der Waals surface area contributed by atoms with Crippen LogP contribution >= 0.6 is 0 Å². The molecule has 2 amide bonds. The van der Waals surface area contributed by atoms with Crippen LogP contribution in [0, 0.1) is 6.92 Å². The van der Waals surface area contributed by atoms with Gasteiger partial charge in [-0.3, -0.25) is 14.5 Å². The van der Waals surface area contributed by atoms with Gasteiger partial charge in [0.05, 0.1) is 13.1 Å². The average molecular weight is 295 g/mol. The SMILES string of the molecule is Cc1cc(NC(=O)CN(C)CC(=O)N2CCNCC2)no1. The van der Waals surface area contributed by atoms with Crippen LogP contribution in [0.5, 0.6) is 0 Å². The van der Waals surface area contributed by atoms with Gasteiger partial charge in [0.2, 0.25) is 11.8 Å². The molecule has 0 bridgehead atoms. The first-order valence-electron chi connectivity index (χ1n) is 6.95. The van der Waals surface area contributed by atoms with Gasteiger partial charge in [0.25, 0.3) is 0 Å². The van der Waals surface area contributed by atoms with Gasteiger partial charge in [-0.25, -0.2) is 0 Å². The number of nitrogens with one attached hydrogen (secondary N) is 2. The van der Waals surface area contributed by atoms with Crippen molar-refractivity contribution in [3.05, 3.63) is 11.8 Å². The van der Waals surface area contributed by atoms with Gasteiger partial charge in [-0.2, -0.15) is 0 Å². The minimum absolute atomic E-state index is 0.0454. The molecule has 2 rings (SSSR count). The minimum atomic E-state index is -0.223. The Labute approximate surface area is 123 Å². The zero-order chi connectivity index (χ0) is 15.2. The first-order valence-corrected chi connectivity index (χ1v) is 6.95. The molecule has 1 fully saturated rings. The van der Waals surface area contributed by atoms with Gasteiger partial charge in [0.1, 0.15) is 5.76 Å². The predicted molar refractivity (Wildman–Crippen MR) is 76.8 cm³/mol. The van der Waals surface area contributed by atoms with Crippen molar-refractivity contribution in [2.75, 3.05) is 51.6 Å². The van der Waals surface area contributed by atoms with Crippen molar-refractivity contribution >= 4 is 17.6 Å². The number of carbonyl (C=O) groups is 2. The first-order chi connectivity index (χ1) is 10.0. The van der Waals surface area contributed by atoms with Gasteiger partial charge in [0, 0.05) is 32.2 Å². The van der Waals surface area contributed by atoms with E-state index in [9.17, 15) is 9.59 Å². The number of likely N-dealkylation sites (N-methyl/N-ethyl adjacent to an activating group) is 1. The van der Waals surface area contributed by atoms with E-state index >= 15 is 0 Å². The zero-order valence-corrected chi connectivity index (χ0v) is 12.4. The maximum absolute atomic E-state index is 12.0. The molecule has 0 saturated carbocycles. The summed E-state index contributed by atoms with van der Waals surface area (Å²) in [4.78, 5) is 27.4. The Balaban J connectivity index is 1.74. The second kappa shape index (κ2) is 7.19. The summed E-state index contributed by atoms with van der Waals surface area (Å²) in [5, 5.41) is 9.51. The summed E-state index contributed by atoms with van der Waals surface area (Å²) in [6.07, 6.45) is 0. The molecular formula is C13H21N5O3. The quantitative estimate of drug-likeness (QED) is 0.745. The zero-order valence-electron chi connectivity index (χ0n) is 12.4. The largest absolute Gasteiger partial charge is 0.360 e. The molecule has 1 aliphatic rings. The van der Waals surface area contributed by atoms with Gasteiger partial charge >= 0.3 is 0 Å². The molecule has 0 unspecified atom stereocenters. The minimum Gasteiger partial charge on any atom is -0.360 e. The Morgan fingerprint density at radius 3 is 2.76 bits per heavy atom. The second-order valence-electron chi connectivity index (χ2n) is 5.17. The molecule has 1 aromatic heterocycles. The molecule has 116 valence electrons. The lowest BCUT2D eigenvalue weighted by atomic mass is 10.3. The van der Waals surface area contributed by atoms with E-state index in [0.29, 0.717) is 11.6 Å². The summed E-state index contributed by atoms with van der Waals surface area (Å²) in [5.41, 5.74) is 0. The van der Waals surface area contributed by atoms with Crippen molar-refractivity contribution < 1.29 is 14.1 Å². The van der Waals surface area contributed by atoms with Crippen molar-refractivity contribution in [2.24, 2.45) is 0 Å². The van der Waals surface area contributed by atoms with Crippen LogP contribution in [0.1, 0.15) is 5.76 Å². The molecule has 2 heterocycles. The van der Waals surface area contributed by atoms with Crippen molar-refractivity contribution in [3.63, 3.8) is 0 Å². The summed E-state index contributed by atoms with van der Waals surface area (Å²) < 4.78 is 4.87. The summed E-state index contributed by atoms with van der Waals surface area (Å²) >= 11 is 0. The number of anilines is 1. The third kappa shape index (κ3) is 4.83. The van der Waals surface area contributed by atoms with E-state index in [1.807, 2.05) is 4.90 Å². The summed E-state index contributed by atoms with van der Waals surface area (Å²) in [6.45, 7) is 5.19. The maximum atomic E-state index is 12.0. The number of piperazine rings is 1. The van der Waals surface area contributed by atoms with E-state index in [0.717, 1.165) is 26.2 Å². The number of amides is 2. The molecule has 0 spiro atoms. The molecule has 2 N–H and O–H groups in total. The molecule has 8 nitrogen and oxygen atoms in total. The molecule has 1 aliphatic heterocycles. The van der Waals surface area contributed by atoms with E-state index in [1.165, 1.54) is 0 Å². The Morgan fingerprint density at radius 2 is 2.14 bits per heavy atom. The van der Waals surface area contributed by atoms with Crippen LogP contribution in [0.4, 0.5) is 5.82 Å². The highest BCUT2D eigenvalue weighted by Gasteiger charge is 2.18. The van der Waals surface area contributed by atoms with E-state index in [4.69, 9.17) is 4.52 Å². The Bertz CT molecular complexity index is 496. The van der Waals surface area contributed by atoms with E-state index in [1.54, 1.807) is 24.9 Å². The molecule has 0 aliphatic carbocycles. The van der Waals surface area contributed by atoms with Crippen LogP contribution in [0.25, 0.3) is 0 Å². The number of aryl methyl sites for hydroxylation is 1. The number of hydrogen-bond acceptors (Lipinski definition) is 6. The third-order valence-electron chi connectivity index (χ3n) is 3.18. The normalized spacial score (nSPS) is 15.3. The Morgan fingerprint density at radius 1 is 1.43 bits per heavy atom. The average Bonchev–Trinajstić information content (AvgIpc) is 2.84. The van der Waals surface area contributed by atoms with Gasteiger partial charge in [-0.05, 0) is 14.0 Å². The maximum Gasteiger partial charge on any atom is 0.239 e. The van der Waals surface area contributed by atoms with Gasteiger partial charge in [-0.1, -0.05) is 5.16 Å². The highest BCUT2D eigenvalue weighted by Crippen LogP contribution is 2.06. The number of aromatic nitrogens is 1. The first kappa shape index (κ1) is 15.5. The van der Waals surface area contributed by atoms with E-state index in [2.05, 4.69) is 15.8 Å². The number of nitrogens with zero attached hydrogens (tertiary/aromatic N) is 3. The Hall–Kier alpha value is -1.93. The smallest absolute Gasteiger partial charge is 0.239 e. The third-order valence-corrected chi connectivity index (χ3v) is 3.18. The number of carbonyl (C=O) groups excluding carboxylic acids is 2. The van der Waals surface area contributed by atoms with Crippen molar-refractivity contribution in [1.82, 2.24) is 20.3 Å². The van der Waals surface area contributed by atoms with Crippen LogP contribution in [0.3, 0.4) is 0 Å². The van der Waals surface area contributed by atoms with Crippen LogP contribution < -0.4 is 10.6 Å². The molecule has 21 heavy (non-hydrogen) atoms. The standard InChI is InChI=1S/C13H21N5O3/c1-10-7-11(16-21-10)15-12(19)8-17(2)9-13(20)18-5-3-14-4-6-18/h7,14H,3-6,8-9H2,1-2H3,(H,15,16,19). The predicted octanol–water partition coefficient (Wildman–Crippen LogP) is -0.715. The molecule has 0 atom stereocenters. The number of hydrogen-bond donors (Lipinski definition) is 2. The van der Waals surface area contributed by atoms with Crippen molar-refractivity contribution in [2.45, 2.75) is 6.92 Å². The van der Waals surface area contributed by atoms with Crippen LogP contribution in [-0.2, 0) is 9.59 Å². The van der Waals surface area contributed by atoms with Gasteiger partial charge < -0.3 is 20.1 Å². The van der Waals surface area contributed by atoms with Crippen molar-refractivity contribution in [1.29, 1.82) is 0 Å².